The lowest BCUT2D eigenvalue weighted by atomic mass is 9.85. The van der Waals surface area contributed by atoms with Gasteiger partial charge in [-0.1, -0.05) is 6.42 Å². The van der Waals surface area contributed by atoms with E-state index in [2.05, 4.69) is 5.32 Å². The molecular formula is C12H22ClF3N2OS. The highest BCUT2D eigenvalue weighted by Gasteiger charge is 2.42. The van der Waals surface area contributed by atoms with Gasteiger partial charge in [-0.25, -0.2) is 0 Å². The molecule has 0 bridgehead atoms. The third kappa shape index (κ3) is 6.54. The van der Waals surface area contributed by atoms with Gasteiger partial charge in [0.25, 0.3) is 0 Å². The molecule has 0 saturated heterocycles. The number of nitrogens with two attached hydrogens (primary N) is 1. The first kappa shape index (κ1) is 19.9. The van der Waals surface area contributed by atoms with Crippen LogP contribution in [0.5, 0.6) is 0 Å². The molecule has 1 saturated carbocycles. The second-order valence-electron chi connectivity index (χ2n) is 5.00. The Morgan fingerprint density at radius 2 is 2.10 bits per heavy atom. The molecule has 8 heteroatoms. The molecule has 0 aliphatic heterocycles. The van der Waals surface area contributed by atoms with E-state index in [-0.39, 0.29) is 31.2 Å². The van der Waals surface area contributed by atoms with Crippen molar-refractivity contribution in [3.05, 3.63) is 0 Å². The minimum Gasteiger partial charge on any atom is -0.352 e. The molecule has 1 rings (SSSR count). The first-order chi connectivity index (χ1) is 8.84. The Morgan fingerprint density at radius 1 is 1.45 bits per heavy atom. The van der Waals surface area contributed by atoms with Crippen LogP contribution in [0.25, 0.3) is 0 Å². The largest absolute Gasteiger partial charge is 0.391 e. The highest BCUT2D eigenvalue weighted by Crippen LogP contribution is 2.37. The SMILES string of the molecule is CSCC[C@H](N)C(=O)NC1CCCC(C(F)(F)F)C1.Cl. The van der Waals surface area contributed by atoms with Crippen LogP contribution >= 0.6 is 24.2 Å². The van der Waals surface area contributed by atoms with E-state index in [1.165, 1.54) is 0 Å². The molecule has 0 aromatic heterocycles. The van der Waals surface area contributed by atoms with Crippen LogP contribution in [0.2, 0.25) is 0 Å². The highest BCUT2D eigenvalue weighted by atomic mass is 35.5. The second-order valence-corrected chi connectivity index (χ2v) is 5.98. The number of amides is 1. The van der Waals surface area contributed by atoms with Gasteiger partial charge in [0.15, 0.2) is 0 Å². The maximum absolute atomic E-state index is 12.6. The molecule has 0 heterocycles. The number of carbonyl (C=O) groups excluding carboxylic acids is 1. The summed E-state index contributed by atoms with van der Waals surface area (Å²) < 4.78 is 37.9. The number of hydrogen-bond acceptors (Lipinski definition) is 3. The van der Waals surface area contributed by atoms with E-state index >= 15 is 0 Å². The van der Waals surface area contributed by atoms with Crippen molar-refractivity contribution in [2.75, 3.05) is 12.0 Å². The molecule has 3 N–H and O–H groups in total. The lowest BCUT2D eigenvalue weighted by Crippen LogP contribution is -2.48. The summed E-state index contributed by atoms with van der Waals surface area (Å²) in [6.07, 6.45) is -0.464. The maximum Gasteiger partial charge on any atom is 0.391 e. The average Bonchev–Trinajstić information content (AvgIpc) is 2.35. The summed E-state index contributed by atoms with van der Waals surface area (Å²) >= 11 is 1.59. The van der Waals surface area contributed by atoms with Crippen molar-refractivity contribution in [3.63, 3.8) is 0 Å². The Hall–Kier alpha value is -0.140. The van der Waals surface area contributed by atoms with Crippen LogP contribution in [0.3, 0.4) is 0 Å². The van der Waals surface area contributed by atoms with E-state index in [1.54, 1.807) is 11.8 Å². The molecule has 2 unspecified atom stereocenters. The zero-order valence-corrected chi connectivity index (χ0v) is 13.0. The Morgan fingerprint density at radius 3 is 2.65 bits per heavy atom. The standard InChI is InChI=1S/C12H21F3N2OS.ClH/c1-19-6-5-10(16)11(18)17-9-4-2-3-8(7-9)12(13,14)15;/h8-10H,2-7,16H2,1H3,(H,17,18);1H/t8?,9?,10-;/m0./s1. The van der Waals surface area contributed by atoms with Crippen LogP contribution in [0.15, 0.2) is 0 Å². The number of alkyl halides is 3. The van der Waals surface area contributed by atoms with E-state index in [9.17, 15) is 18.0 Å². The zero-order valence-electron chi connectivity index (χ0n) is 11.4. The van der Waals surface area contributed by atoms with Gasteiger partial charge in [0.05, 0.1) is 12.0 Å². The number of halogens is 4. The molecule has 0 aromatic carbocycles. The Balaban J connectivity index is 0.00000361. The Kier molecular flexibility index (Phi) is 8.93. The first-order valence-corrected chi connectivity index (χ1v) is 7.85. The highest BCUT2D eigenvalue weighted by molar-refractivity contribution is 7.98. The molecular weight excluding hydrogens is 313 g/mol. The van der Waals surface area contributed by atoms with E-state index < -0.39 is 24.2 Å². The van der Waals surface area contributed by atoms with Gasteiger partial charge in [-0.2, -0.15) is 24.9 Å². The van der Waals surface area contributed by atoms with Gasteiger partial charge in [-0.15, -0.1) is 12.4 Å². The lowest BCUT2D eigenvalue weighted by Gasteiger charge is -2.31. The minimum absolute atomic E-state index is 0. The molecule has 1 fully saturated rings. The van der Waals surface area contributed by atoms with Crippen LogP contribution in [-0.4, -0.2) is 36.2 Å². The summed E-state index contributed by atoms with van der Waals surface area (Å²) in [6, 6.07) is -1.02. The monoisotopic (exact) mass is 334 g/mol. The van der Waals surface area contributed by atoms with Gasteiger partial charge in [0.2, 0.25) is 5.91 Å². The van der Waals surface area contributed by atoms with Crippen LogP contribution in [-0.2, 0) is 4.79 Å². The topological polar surface area (TPSA) is 55.1 Å². The van der Waals surface area contributed by atoms with Crippen LogP contribution in [0.4, 0.5) is 13.2 Å². The molecule has 3 nitrogen and oxygen atoms in total. The summed E-state index contributed by atoms with van der Waals surface area (Å²) in [5, 5.41) is 2.66. The summed E-state index contributed by atoms with van der Waals surface area (Å²) in [4.78, 5) is 11.7. The van der Waals surface area contributed by atoms with Gasteiger partial charge in [0.1, 0.15) is 0 Å². The second kappa shape index (κ2) is 9.00. The van der Waals surface area contributed by atoms with Gasteiger partial charge in [-0.05, 0) is 37.7 Å². The fourth-order valence-electron chi connectivity index (χ4n) is 2.30. The summed E-state index contributed by atoms with van der Waals surface area (Å²) in [7, 11) is 0. The minimum atomic E-state index is -4.16. The lowest BCUT2D eigenvalue weighted by molar-refractivity contribution is -0.184. The van der Waals surface area contributed by atoms with Gasteiger partial charge >= 0.3 is 6.18 Å². The first-order valence-electron chi connectivity index (χ1n) is 6.46. The van der Waals surface area contributed by atoms with Crippen molar-refractivity contribution < 1.29 is 18.0 Å². The predicted molar refractivity (Wildman–Crippen MR) is 78.2 cm³/mol. The van der Waals surface area contributed by atoms with Crippen LogP contribution < -0.4 is 11.1 Å². The summed E-state index contributed by atoms with van der Waals surface area (Å²) in [5.74, 6) is -0.861. The molecule has 1 aliphatic rings. The number of carbonyl (C=O) groups is 1. The predicted octanol–water partition coefficient (Wildman–Crippen LogP) is 2.73. The number of hydrogen-bond donors (Lipinski definition) is 2. The number of nitrogens with one attached hydrogen (secondary N) is 1. The fraction of sp³-hybridized carbons (Fsp3) is 0.917. The van der Waals surface area contributed by atoms with E-state index in [0.717, 1.165) is 5.75 Å². The summed E-state index contributed by atoms with van der Waals surface area (Å²) in [5.41, 5.74) is 5.69. The molecule has 1 amide bonds. The number of rotatable bonds is 5. The van der Waals surface area contributed by atoms with Crippen molar-refractivity contribution >= 4 is 30.1 Å². The van der Waals surface area contributed by atoms with Crippen molar-refractivity contribution in [1.29, 1.82) is 0 Å². The fourth-order valence-corrected chi connectivity index (χ4v) is 2.79. The zero-order chi connectivity index (χ0) is 14.5. The van der Waals surface area contributed by atoms with E-state index in [4.69, 9.17) is 5.73 Å². The normalized spacial score (nSPS) is 24.6. The van der Waals surface area contributed by atoms with Gasteiger partial charge in [0, 0.05) is 6.04 Å². The molecule has 20 heavy (non-hydrogen) atoms. The van der Waals surface area contributed by atoms with Crippen molar-refractivity contribution in [1.82, 2.24) is 5.32 Å². The van der Waals surface area contributed by atoms with Crippen LogP contribution in [0, 0.1) is 5.92 Å². The summed E-state index contributed by atoms with van der Waals surface area (Å²) in [6.45, 7) is 0. The van der Waals surface area contributed by atoms with Crippen LogP contribution in [0.1, 0.15) is 32.1 Å². The van der Waals surface area contributed by atoms with E-state index in [1.807, 2.05) is 6.26 Å². The van der Waals surface area contributed by atoms with Gasteiger partial charge in [-0.3, -0.25) is 4.79 Å². The third-order valence-electron chi connectivity index (χ3n) is 3.45. The number of thioether (sulfide) groups is 1. The van der Waals surface area contributed by atoms with Gasteiger partial charge < -0.3 is 11.1 Å². The van der Waals surface area contributed by atoms with Crippen molar-refractivity contribution in [3.8, 4) is 0 Å². The molecule has 3 atom stereocenters. The van der Waals surface area contributed by atoms with E-state index in [0.29, 0.717) is 19.3 Å². The molecule has 0 radical (unpaired) electrons. The molecule has 0 aromatic rings. The van der Waals surface area contributed by atoms with Crippen molar-refractivity contribution in [2.45, 2.75) is 50.4 Å². The molecule has 0 spiro atoms. The quantitative estimate of drug-likeness (QED) is 0.813. The molecule has 120 valence electrons. The third-order valence-corrected chi connectivity index (χ3v) is 4.10. The molecule has 1 aliphatic carbocycles. The van der Waals surface area contributed by atoms with Crippen molar-refractivity contribution in [2.24, 2.45) is 11.7 Å². The average molecular weight is 335 g/mol. The maximum atomic E-state index is 12.6. The smallest absolute Gasteiger partial charge is 0.352 e. The Bertz CT molecular complexity index is 305. The Labute approximate surface area is 128 Å².